The molecule has 0 saturated carbocycles. The van der Waals surface area contributed by atoms with Crippen LogP contribution in [-0.4, -0.2) is 33.9 Å². The van der Waals surface area contributed by atoms with E-state index in [-0.39, 0.29) is 5.91 Å². The fourth-order valence-electron chi connectivity index (χ4n) is 3.92. The molecule has 4 rings (SSSR count). The van der Waals surface area contributed by atoms with Crippen LogP contribution in [0.15, 0.2) is 54.6 Å². The third-order valence-corrected chi connectivity index (χ3v) is 5.43. The van der Waals surface area contributed by atoms with Crippen LogP contribution in [0.2, 0.25) is 0 Å². The van der Waals surface area contributed by atoms with Crippen molar-refractivity contribution in [1.29, 1.82) is 0 Å². The van der Waals surface area contributed by atoms with Crippen LogP contribution in [0, 0.1) is 13.8 Å². The maximum Gasteiger partial charge on any atom is 0.255 e. The summed E-state index contributed by atoms with van der Waals surface area (Å²) in [5, 5.41) is 6.17. The number of rotatable bonds is 6. The molecule has 1 aliphatic heterocycles. The van der Waals surface area contributed by atoms with Crippen LogP contribution < -0.4 is 10.6 Å². The van der Waals surface area contributed by atoms with E-state index in [1.165, 1.54) is 37.9 Å². The van der Waals surface area contributed by atoms with Gasteiger partial charge in [0.25, 0.3) is 5.91 Å². The molecule has 1 saturated heterocycles. The van der Waals surface area contributed by atoms with Crippen LogP contribution in [-0.2, 0) is 6.54 Å². The molecule has 6 nitrogen and oxygen atoms in total. The number of amides is 1. The topological polar surface area (TPSA) is 70.2 Å². The number of nitrogens with zero attached hydrogens (tertiary/aromatic N) is 3. The molecule has 1 amide bonds. The lowest BCUT2D eigenvalue weighted by atomic mass is 10.1. The average molecular weight is 416 g/mol. The van der Waals surface area contributed by atoms with Gasteiger partial charge in [-0.3, -0.25) is 9.69 Å². The Kier molecular flexibility index (Phi) is 6.57. The molecule has 0 bridgehead atoms. The Morgan fingerprint density at radius 1 is 0.903 bits per heavy atom. The van der Waals surface area contributed by atoms with Crippen LogP contribution >= 0.6 is 0 Å². The Labute approximate surface area is 183 Å². The Balaban J connectivity index is 1.38. The minimum atomic E-state index is -0.145. The van der Waals surface area contributed by atoms with Crippen molar-refractivity contribution < 1.29 is 4.79 Å². The zero-order valence-corrected chi connectivity index (χ0v) is 18.2. The summed E-state index contributed by atoms with van der Waals surface area (Å²) in [6.45, 7) is 7.19. The van der Waals surface area contributed by atoms with E-state index in [0.717, 1.165) is 29.3 Å². The molecule has 1 aliphatic rings. The zero-order valence-electron chi connectivity index (χ0n) is 18.2. The minimum Gasteiger partial charge on any atom is -0.324 e. The van der Waals surface area contributed by atoms with E-state index in [4.69, 9.17) is 0 Å². The third kappa shape index (κ3) is 5.89. The molecule has 6 heteroatoms. The van der Waals surface area contributed by atoms with Gasteiger partial charge in [0.15, 0.2) is 0 Å². The van der Waals surface area contributed by atoms with Crippen molar-refractivity contribution >= 4 is 23.2 Å². The summed E-state index contributed by atoms with van der Waals surface area (Å²) in [7, 11) is 0. The van der Waals surface area contributed by atoms with Crippen molar-refractivity contribution in [3.05, 3.63) is 77.1 Å². The maximum absolute atomic E-state index is 12.8. The number of aryl methyl sites for hydroxylation is 2. The molecule has 0 unspecified atom stereocenters. The summed E-state index contributed by atoms with van der Waals surface area (Å²) in [4.78, 5) is 24.0. The summed E-state index contributed by atoms with van der Waals surface area (Å²) in [5.74, 6) is 0.383. The number of likely N-dealkylation sites (tertiary alicyclic amines) is 1. The summed E-state index contributed by atoms with van der Waals surface area (Å²) in [6, 6.07) is 17.4. The highest BCUT2D eigenvalue weighted by Crippen LogP contribution is 2.19. The van der Waals surface area contributed by atoms with Crippen molar-refractivity contribution in [2.75, 3.05) is 23.7 Å². The van der Waals surface area contributed by atoms with Crippen molar-refractivity contribution in [3.63, 3.8) is 0 Å². The monoisotopic (exact) mass is 415 g/mol. The van der Waals surface area contributed by atoms with Gasteiger partial charge in [0, 0.05) is 34.9 Å². The fraction of sp³-hybridized carbons (Fsp3) is 0.320. The molecule has 1 aromatic heterocycles. The highest BCUT2D eigenvalue weighted by molar-refractivity contribution is 6.04. The van der Waals surface area contributed by atoms with Crippen LogP contribution in [0.5, 0.6) is 0 Å². The number of piperidine rings is 1. The summed E-state index contributed by atoms with van der Waals surface area (Å²) in [6.07, 6.45) is 3.92. The molecule has 160 valence electrons. The van der Waals surface area contributed by atoms with Crippen LogP contribution in [0.3, 0.4) is 0 Å². The molecule has 0 atom stereocenters. The smallest absolute Gasteiger partial charge is 0.255 e. The van der Waals surface area contributed by atoms with Crippen LogP contribution in [0.25, 0.3) is 0 Å². The predicted molar refractivity (Wildman–Crippen MR) is 125 cm³/mol. The zero-order chi connectivity index (χ0) is 21.6. The lowest BCUT2D eigenvalue weighted by molar-refractivity contribution is 0.102. The van der Waals surface area contributed by atoms with Gasteiger partial charge in [-0.2, -0.15) is 0 Å². The third-order valence-electron chi connectivity index (χ3n) is 5.43. The molecule has 2 heterocycles. The van der Waals surface area contributed by atoms with Crippen molar-refractivity contribution in [1.82, 2.24) is 14.9 Å². The second-order valence-corrected chi connectivity index (χ2v) is 8.17. The van der Waals surface area contributed by atoms with E-state index in [1.807, 2.05) is 44.2 Å². The lowest BCUT2D eigenvalue weighted by Crippen LogP contribution is -2.29. The molecule has 0 radical (unpaired) electrons. The summed E-state index contributed by atoms with van der Waals surface area (Å²) in [5.41, 5.74) is 5.21. The van der Waals surface area contributed by atoms with Gasteiger partial charge in [0.2, 0.25) is 5.95 Å². The molecular weight excluding hydrogens is 386 g/mol. The van der Waals surface area contributed by atoms with Gasteiger partial charge in [-0.1, -0.05) is 24.6 Å². The number of hydrogen-bond acceptors (Lipinski definition) is 5. The Bertz CT molecular complexity index is 1020. The number of aromatic nitrogens is 2. The molecule has 31 heavy (non-hydrogen) atoms. The Morgan fingerprint density at radius 2 is 1.61 bits per heavy atom. The van der Waals surface area contributed by atoms with Crippen LogP contribution in [0.4, 0.5) is 17.3 Å². The van der Waals surface area contributed by atoms with Gasteiger partial charge in [-0.05, 0) is 81.7 Å². The fourth-order valence-corrected chi connectivity index (χ4v) is 3.92. The van der Waals surface area contributed by atoms with E-state index >= 15 is 0 Å². The molecule has 3 aromatic rings. The Morgan fingerprint density at radius 3 is 2.32 bits per heavy atom. The van der Waals surface area contributed by atoms with Crippen LogP contribution in [0.1, 0.15) is 46.6 Å². The SMILES string of the molecule is Cc1cc(C)nc(Nc2cccc(C(=O)Nc3ccc(CN4CCCCC4)cc3)c2)n1. The van der Waals surface area contributed by atoms with Gasteiger partial charge in [-0.15, -0.1) is 0 Å². The number of benzene rings is 2. The van der Waals surface area contributed by atoms with Gasteiger partial charge < -0.3 is 10.6 Å². The van der Waals surface area contributed by atoms with E-state index in [0.29, 0.717) is 11.5 Å². The maximum atomic E-state index is 12.8. The number of carbonyl (C=O) groups is 1. The summed E-state index contributed by atoms with van der Waals surface area (Å²) < 4.78 is 0. The first-order chi connectivity index (χ1) is 15.0. The molecule has 1 fully saturated rings. The van der Waals surface area contributed by atoms with Gasteiger partial charge in [-0.25, -0.2) is 9.97 Å². The highest BCUT2D eigenvalue weighted by Gasteiger charge is 2.11. The van der Waals surface area contributed by atoms with Crippen molar-refractivity contribution in [2.45, 2.75) is 39.7 Å². The number of nitrogens with one attached hydrogen (secondary N) is 2. The van der Waals surface area contributed by atoms with Gasteiger partial charge in [0.1, 0.15) is 0 Å². The van der Waals surface area contributed by atoms with Crippen molar-refractivity contribution in [2.24, 2.45) is 0 Å². The number of carbonyl (C=O) groups excluding carboxylic acids is 1. The molecule has 0 spiro atoms. The normalized spacial score (nSPS) is 14.3. The second kappa shape index (κ2) is 9.71. The quantitative estimate of drug-likeness (QED) is 0.588. The number of anilines is 3. The molecule has 2 aromatic carbocycles. The van der Waals surface area contributed by atoms with E-state index in [9.17, 15) is 4.79 Å². The first-order valence-corrected chi connectivity index (χ1v) is 10.9. The highest BCUT2D eigenvalue weighted by atomic mass is 16.1. The number of hydrogen-bond donors (Lipinski definition) is 2. The molecule has 0 aliphatic carbocycles. The first kappa shape index (κ1) is 21.0. The van der Waals surface area contributed by atoms with Crippen molar-refractivity contribution in [3.8, 4) is 0 Å². The predicted octanol–water partition coefficient (Wildman–Crippen LogP) is 5.08. The van der Waals surface area contributed by atoms with Gasteiger partial charge >= 0.3 is 0 Å². The Hall–Kier alpha value is -3.25. The van der Waals surface area contributed by atoms with E-state index < -0.39 is 0 Å². The standard InChI is InChI=1S/C25H29N5O/c1-18-15-19(2)27-25(26-18)29-23-8-6-7-21(16-23)24(31)28-22-11-9-20(10-12-22)17-30-13-4-3-5-14-30/h6-12,15-16H,3-5,13-14,17H2,1-2H3,(H,28,31)(H,26,27,29). The first-order valence-electron chi connectivity index (χ1n) is 10.9. The second-order valence-electron chi connectivity index (χ2n) is 8.17. The van der Waals surface area contributed by atoms with E-state index in [1.54, 1.807) is 12.1 Å². The minimum absolute atomic E-state index is 0.145. The lowest BCUT2D eigenvalue weighted by Gasteiger charge is -2.26. The largest absolute Gasteiger partial charge is 0.324 e. The molecular formula is C25H29N5O. The summed E-state index contributed by atoms with van der Waals surface area (Å²) >= 11 is 0. The average Bonchev–Trinajstić information content (AvgIpc) is 2.75. The molecule has 2 N–H and O–H groups in total. The van der Waals surface area contributed by atoms with Gasteiger partial charge in [0.05, 0.1) is 0 Å². The van der Waals surface area contributed by atoms with E-state index in [2.05, 4.69) is 37.6 Å².